The van der Waals surface area contributed by atoms with Gasteiger partial charge in [-0.1, -0.05) is 25.7 Å². The van der Waals surface area contributed by atoms with E-state index in [4.69, 9.17) is 4.74 Å². The fraction of sp³-hybridized carbons (Fsp3) is 0.667. The third-order valence-corrected chi connectivity index (χ3v) is 11.2. The average Bonchev–Trinajstić information content (AvgIpc) is 3.22. The standard InChI is InChI=1S/C21H24Br2O2S2/c22-19-16-10-17(26-18(16)20(23)27-19)21(24)25-15-6-5-13-7-11-3-1-2-4-12(11)8-14(13)9-15/h10-15H,1-9H2. The molecule has 5 atom stereocenters. The van der Waals surface area contributed by atoms with E-state index in [0.717, 1.165) is 59.0 Å². The third-order valence-electron chi connectivity index (χ3n) is 7.15. The van der Waals surface area contributed by atoms with Gasteiger partial charge in [-0.05, 0) is 93.7 Å². The zero-order valence-electron chi connectivity index (χ0n) is 15.2. The molecule has 2 aromatic heterocycles. The highest BCUT2D eigenvalue weighted by molar-refractivity contribution is 9.12. The first-order valence-corrected chi connectivity index (χ1v) is 13.4. The zero-order valence-corrected chi connectivity index (χ0v) is 20.0. The first-order chi connectivity index (χ1) is 13.1. The van der Waals surface area contributed by atoms with Crippen molar-refractivity contribution >= 4 is 70.6 Å². The van der Waals surface area contributed by atoms with Crippen molar-refractivity contribution in [1.82, 2.24) is 0 Å². The normalized spacial score (nSPS) is 33.5. The van der Waals surface area contributed by atoms with Gasteiger partial charge in [0.2, 0.25) is 0 Å². The van der Waals surface area contributed by atoms with Gasteiger partial charge in [-0.15, -0.1) is 22.7 Å². The van der Waals surface area contributed by atoms with Crippen molar-refractivity contribution in [3.63, 3.8) is 0 Å². The van der Waals surface area contributed by atoms with Crippen molar-refractivity contribution in [2.75, 3.05) is 0 Å². The molecule has 5 rings (SSSR count). The van der Waals surface area contributed by atoms with Crippen LogP contribution in [0.2, 0.25) is 0 Å². The molecule has 0 radical (unpaired) electrons. The molecule has 3 saturated carbocycles. The van der Waals surface area contributed by atoms with Crippen LogP contribution in [0.15, 0.2) is 13.6 Å². The maximum Gasteiger partial charge on any atom is 0.348 e. The van der Waals surface area contributed by atoms with Crippen LogP contribution in [0.1, 0.15) is 67.5 Å². The van der Waals surface area contributed by atoms with Crippen molar-refractivity contribution in [3.05, 3.63) is 18.5 Å². The Hall–Kier alpha value is 0.0900. The summed E-state index contributed by atoms with van der Waals surface area (Å²) in [6, 6.07) is 1.98. The molecule has 3 fully saturated rings. The van der Waals surface area contributed by atoms with E-state index in [2.05, 4.69) is 31.9 Å². The Bertz CT molecular complexity index is 823. The summed E-state index contributed by atoms with van der Waals surface area (Å²) in [7, 11) is 0. The van der Waals surface area contributed by atoms with E-state index < -0.39 is 0 Å². The fourth-order valence-corrected chi connectivity index (χ4v) is 10.2. The lowest BCUT2D eigenvalue weighted by Crippen LogP contribution is -2.39. The number of hydrogen-bond acceptors (Lipinski definition) is 4. The molecule has 0 aliphatic heterocycles. The highest BCUT2D eigenvalue weighted by Crippen LogP contribution is 2.50. The Morgan fingerprint density at radius 3 is 2.33 bits per heavy atom. The summed E-state index contributed by atoms with van der Waals surface area (Å²) in [6.45, 7) is 0. The number of carbonyl (C=O) groups excluding carboxylic acids is 1. The maximum absolute atomic E-state index is 12.8. The number of fused-ring (bicyclic) bond motifs is 3. The molecule has 0 spiro atoms. The highest BCUT2D eigenvalue weighted by atomic mass is 79.9. The first kappa shape index (κ1) is 19.1. The van der Waals surface area contributed by atoms with Crippen LogP contribution < -0.4 is 0 Å². The van der Waals surface area contributed by atoms with Crippen LogP contribution in [0.4, 0.5) is 0 Å². The van der Waals surface area contributed by atoms with Crippen LogP contribution in [-0.4, -0.2) is 12.1 Å². The molecule has 3 aliphatic rings. The molecule has 0 N–H and O–H groups in total. The molecular weight excluding hydrogens is 508 g/mol. The van der Waals surface area contributed by atoms with E-state index in [-0.39, 0.29) is 12.1 Å². The molecule has 2 nitrogen and oxygen atoms in total. The second-order valence-corrected chi connectivity index (χ2v) is 13.3. The maximum atomic E-state index is 12.8. The third kappa shape index (κ3) is 3.69. The van der Waals surface area contributed by atoms with Gasteiger partial charge in [0.15, 0.2) is 0 Å². The summed E-state index contributed by atoms with van der Waals surface area (Å²) in [4.78, 5) is 13.5. The lowest BCUT2D eigenvalue weighted by molar-refractivity contribution is -0.0208. The Morgan fingerprint density at radius 1 is 0.889 bits per heavy atom. The van der Waals surface area contributed by atoms with Crippen LogP contribution in [0, 0.1) is 23.7 Å². The molecule has 3 aliphatic carbocycles. The van der Waals surface area contributed by atoms with Crippen molar-refractivity contribution < 1.29 is 9.53 Å². The summed E-state index contributed by atoms with van der Waals surface area (Å²) in [6.07, 6.45) is 12.1. The molecule has 0 bridgehead atoms. The van der Waals surface area contributed by atoms with E-state index in [1.807, 2.05) is 6.07 Å². The van der Waals surface area contributed by atoms with E-state index in [9.17, 15) is 4.79 Å². The minimum absolute atomic E-state index is 0.116. The van der Waals surface area contributed by atoms with Crippen LogP contribution in [0.3, 0.4) is 0 Å². The lowest BCUT2D eigenvalue weighted by Gasteiger charge is -2.47. The Labute approximate surface area is 185 Å². The SMILES string of the molecule is O=C(OC1CCC2CC3CCCCC3CC2C1)c1cc2c(Br)sc(Br)c2s1. The molecule has 146 valence electrons. The van der Waals surface area contributed by atoms with Gasteiger partial charge >= 0.3 is 5.97 Å². The predicted octanol–water partition coefficient (Wildman–Crippen LogP) is 8.03. The number of rotatable bonds is 2. The summed E-state index contributed by atoms with van der Waals surface area (Å²) in [5.74, 6) is 3.49. The van der Waals surface area contributed by atoms with Gasteiger partial charge in [0.25, 0.3) is 0 Å². The second kappa shape index (κ2) is 7.73. The zero-order chi connectivity index (χ0) is 18.5. The molecule has 2 aromatic rings. The van der Waals surface area contributed by atoms with Gasteiger partial charge in [-0.25, -0.2) is 4.79 Å². The van der Waals surface area contributed by atoms with Gasteiger partial charge in [0.1, 0.15) is 11.0 Å². The average molecular weight is 532 g/mol. The molecule has 27 heavy (non-hydrogen) atoms. The molecular formula is C21H24Br2O2S2. The summed E-state index contributed by atoms with van der Waals surface area (Å²) in [5.41, 5.74) is 0. The largest absolute Gasteiger partial charge is 0.458 e. The van der Waals surface area contributed by atoms with Gasteiger partial charge in [-0.2, -0.15) is 0 Å². The number of ether oxygens (including phenoxy) is 1. The summed E-state index contributed by atoms with van der Waals surface area (Å²) in [5, 5.41) is 1.11. The van der Waals surface area contributed by atoms with E-state index in [1.54, 1.807) is 11.3 Å². The number of thiophene rings is 2. The second-order valence-electron chi connectivity index (χ2n) is 8.64. The van der Waals surface area contributed by atoms with Gasteiger partial charge < -0.3 is 4.74 Å². The molecule has 0 saturated heterocycles. The molecule has 0 aromatic carbocycles. The van der Waals surface area contributed by atoms with Crippen LogP contribution in [-0.2, 0) is 4.74 Å². The van der Waals surface area contributed by atoms with Gasteiger partial charge in [-0.3, -0.25) is 0 Å². The minimum atomic E-state index is -0.130. The molecule has 6 heteroatoms. The van der Waals surface area contributed by atoms with E-state index >= 15 is 0 Å². The summed E-state index contributed by atoms with van der Waals surface area (Å²) >= 11 is 10.4. The highest BCUT2D eigenvalue weighted by Gasteiger charge is 2.41. The van der Waals surface area contributed by atoms with E-state index in [1.165, 1.54) is 56.3 Å². The number of carbonyl (C=O) groups is 1. The fourth-order valence-electron chi connectivity index (χ4n) is 5.85. The first-order valence-electron chi connectivity index (χ1n) is 10.2. The number of hydrogen-bond donors (Lipinski definition) is 0. The van der Waals surface area contributed by atoms with Crippen LogP contribution in [0.5, 0.6) is 0 Å². The van der Waals surface area contributed by atoms with Crippen molar-refractivity contribution in [2.45, 2.75) is 63.9 Å². The minimum Gasteiger partial charge on any atom is -0.458 e. The topological polar surface area (TPSA) is 26.3 Å². The predicted molar refractivity (Wildman–Crippen MR) is 120 cm³/mol. The van der Waals surface area contributed by atoms with Crippen molar-refractivity contribution in [3.8, 4) is 0 Å². The number of halogens is 2. The van der Waals surface area contributed by atoms with Gasteiger partial charge in [0, 0.05) is 5.39 Å². The van der Waals surface area contributed by atoms with E-state index in [0.29, 0.717) is 0 Å². The van der Waals surface area contributed by atoms with Crippen molar-refractivity contribution in [2.24, 2.45) is 23.7 Å². The number of esters is 1. The molecule has 0 amide bonds. The smallest absolute Gasteiger partial charge is 0.348 e. The quantitative estimate of drug-likeness (QED) is 0.366. The summed E-state index contributed by atoms with van der Waals surface area (Å²) < 4.78 is 9.28. The van der Waals surface area contributed by atoms with Crippen LogP contribution in [0.25, 0.3) is 10.1 Å². The lowest BCUT2D eigenvalue weighted by atomic mass is 9.59. The Morgan fingerprint density at radius 2 is 1.59 bits per heavy atom. The van der Waals surface area contributed by atoms with Crippen molar-refractivity contribution in [1.29, 1.82) is 0 Å². The Balaban J connectivity index is 1.24. The molecule has 2 heterocycles. The Kier molecular flexibility index (Phi) is 5.46. The molecule has 5 unspecified atom stereocenters. The van der Waals surface area contributed by atoms with Gasteiger partial charge in [0.05, 0.1) is 12.3 Å². The van der Waals surface area contributed by atoms with Crippen LogP contribution >= 0.6 is 54.5 Å². The monoisotopic (exact) mass is 530 g/mol.